The van der Waals surface area contributed by atoms with E-state index < -0.39 is 0 Å². The van der Waals surface area contributed by atoms with Crippen molar-refractivity contribution in [2.24, 2.45) is 0 Å². The second-order valence-corrected chi connectivity index (χ2v) is 4.70. The molecule has 1 N–H and O–H groups in total. The zero-order valence-corrected chi connectivity index (χ0v) is 11.3. The fraction of sp³-hybridized carbons (Fsp3) is 0.357. The van der Waals surface area contributed by atoms with E-state index in [1.165, 1.54) is 9.80 Å². The lowest BCUT2D eigenvalue weighted by Crippen LogP contribution is -2.32. The number of anilines is 1. The van der Waals surface area contributed by atoms with Crippen LogP contribution in [0.5, 0.6) is 0 Å². The second kappa shape index (κ2) is 6.18. The van der Waals surface area contributed by atoms with E-state index in [1.54, 1.807) is 19.2 Å². The summed E-state index contributed by atoms with van der Waals surface area (Å²) in [4.78, 5) is 37.4. The number of rotatable bonds is 5. The van der Waals surface area contributed by atoms with E-state index in [4.69, 9.17) is 0 Å². The first-order chi connectivity index (χ1) is 9.58. The van der Waals surface area contributed by atoms with Crippen LogP contribution in [-0.4, -0.2) is 47.8 Å². The summed E-state index contributed by atoms with van der Waals surface area (Å²) >= 11 is 0. The predicted octanol–water partition coefficient (Wildman–Crippen LogP) is 1.30. The molecule has 0 atom stereocenters. The molecule has 1 aliphatic heterocycles. The number of likely N-dealkylation sites (N-methyl/N-ethyl adjacent to an activating group) is 1. The molecule has 4 amide bonds. The van der Waals surface area contributed by atoms with E-state index in [0.717, 1.165) is 5.69 Å². The number of hydrogen-bond donors (Lipinski definition) is 1. The molecule has 106 valence electrons. The predicted molar refractivity (Wildman–Crippen MR) is 74.0 cm³/mol. The van der Waals surface area contributed by atoms with Crippen molar-refractivity contribution in [3.8, 4) is 0 Å². The molecule has 6 nitrogen and oxygen atoms in total. The highest BCUT2D eigenvalue weighted by atomic mass is 16.2. The molecule has 0 saturated carbocycles. The highest BCUT2D eigenvalue weighted by Crippen LogP contribution is 2.10. The van der Waals surface area contributed by atoms with Gasteiger partial charge in [0.15, 0.2) is 0 Å². The Balaban J connectivity index is 1.75. The van der Waals surface area contributed by atoms with Gasteiger partial charge in [0.05, 0.1) is 0 Å². The van der Waals surface area contributed by atoms with Gasteiger partial charge >= 0.3 is 6.03 Å². The van der Waals surface area contributed by atoms with Crippen molar-refractivity contribution in [2.45, 2.75) is 12.8 Å². The van der Waals surface area contributed by atoms with Crippen LogP contribution in [0.1, 0.15) is 12.8 Å². The van der Waals surface area contributed by atoms with E-state index in [2.05, 4.69) is 5.32 Å². The molecule has 1 fully saturated rings. The Kier molecular flexibility index (Phi) is 4.34. The number of nitrogens with zero attached hydrogens (tertiary/aromatic N) is 2. The van der Waals surface area contributed by atoms with E-state index in [-0.39, 0.29) is 37.4 Å². The number of imide groups is 1. The molecule has 1 aliphatic rings. The smallest absolute Gasteiger partial charge is 0.326 e. The fourth-order valence-corrected chi connectivity index (χ4v) is 2.03. The molecule has 0 bridgehead atoms. The number of carbonyl (C=O) groups excluding carboxylic acids is 3. The van der Waals surface area contributed by atoms with Crippen LogP contribution < -0.4 is 5.32 Å². The Morgan fingerprint density at radius 3 is 2.55 bits per heavy atom. The molecule has 6 heteroatoms. The molecular weight excluding hydrogens is 258 g/mol. The monoisotopic (exact) mass is 275 g/mol. The Morgan fingerprint density at radius 2 is 1.95 bits per heavy atom. The highest BCUT2D eigenvalue weighted by Gasteiger charge is 2.32. The van der Waals surface area contributed by atoms with Gasteiger partial charge in [-0.2, -0.15) is 0 Å². The van der Waals surface area contributed by atoms with Crippen molar-refractivity contribution in [2.75, 3.05) is 25.5 Å². The maximum absolute atomic E-state index is 11.7. The van der Waals surface area contributed by atoms with E-state index >= 15 is 0 Å². The number of amides is 4. The maximum atomic E-state index is 11.7. The number of carbonyl (C=O) groups is 3. The van der Waals surface area contributed by atoms with Crippen molar-refractivity contribution in [1.29, 1.82) is 0 Å². The summed E-state index contributed by atoms with van der Waals surface area (Å²) < 4.78 is 0. The number of hydrogen-bond acceptors (Lipinski definition) is 3. The largest absolute Gasteiger partial charge is 0.326 e. The first-order valence-electron chi connectivity index (χ1n) is 6.48. The molecular formula is C14H17N3O3. The quantitative estimate of drug-likeness (QED) is 0.823. The first kappa shape index (κ1) is 14.0. The standard InChI is InChI=1S/C14H17N3O3/c1-16-10-13(19)17(14(16)20)9-5-8-12(18)15-11-6-3-2-4-7-11/h2-4,6-7H,5,8-10H2,1H3,(H,15,18). The Hall–Kier alpha value is -2.37. The van der Waals surface area contributed by atoms with Crippen molar-refractivity contribution < 1.29 is 14.4 Å². The molecule has 0 radical (unpaired) electrons. The molecule has 0 aliphatic carbocycles. The highest BCUT2D eigenvalue weighted by molar-refractivity contribution is 6.01. The number of para-hydroxylation sites is 1. The van der Waals surface area contributed by atoms with Gasteiger partial charge < -0.3 is 10.2 Å². The molecule has 2 rings (SSSR count). The van der Waals surface area contributed by atoms with Gasteiger partial charge in [0.25, 0.3) is 0 Å². The Morgan fingerprint density at radius 1 is 1.25 bits per heavy atom. The molecule has 0 spiro atoms. The van der Waals surface area contributed by atoms with Crippen LogP contribution >= 0.6 is 0 Å². The van der Waals surface area contributed by atoms with Crippen molar-refractivity contribution in [3.05, 3.63) is 30.3 Å². The molecule has 1 aromatic rings. The second-order valence-electron chi connectivity index (χ2n) is 4.70. The minimum atomic E-state index is -0.293. The number of urea groups is 1. The molecule has 0 unspecified atom stereocenters. The molecule has 1 aromatic carbocycles. The van der Waals surface area contributed by atoms with Crippen LogP contribution in [-0.2, 0) is 9.59 Å². The van der Waals surface area contributed by atoms with E-state index in [1.807, 2.05) is 18.2 Å². The molecule has 1 heterocycles. The SMILES string of the molecule is CN1CC(=O)N(CCCC(=O)Nc2ccccc2)C1=O. The topological polar surface area (TPSA) is 69.7 Å². The Bertz CT molecular complexity index is 516. The van der Waals surface area contributed by atoms with E-state index in [9.17, 15) is 14.4 Å². The van der Waals surface area contributed by atoms with E-state index in [0.29, 0.717) is 6.42 Å². The third-order valence-corrected chi connectivity index (χ3v) is 3.07. The van der Waals surface area contributed by atoms with Gasteiger partial charge in [-0.3, -0.25) is 14.5 Å². The third-order valence-electron chi connectivity index (χ3n) is 3.07. The van der Waals surface area contributed by atoms with Crippen molar-refractivity contribution in [3.63, 3.8) is 0 Å². The van der Waals surface area contributed by atoms with Crippen LogP contribution in [0.2, 0.25) is 0 Å². The van der Waals surface area contributed by atoms with Crippen molar-refractivity contribution >= 4 is 23.5 Å². The van der Waals surface area contributed by atoms with Gasteiger partial charge in [-0.05, 0) is 18.6 Å². The normalized spacial score (nSPS) is 14.8. The number of nitrogens with one attached hydrogen (secondary N) is 1. The summed E-state index contributed by atoms with van der Waals surface area (Å²) in [7, 11) is 1.59. The first-order valence-corrected chi connectivity index (χ1v) is 6.48. The van der Waals surface area contributed by atoms with Gasteiger partial charge in [0.1, 0.15) is 6.54 Å². The minimum Gasteiger partial charge on any atom is -0.326 e. The fourth-order valence-electron chi connectivity index (χ4n) is 2.03. The summed E-state index contributed by atoms with van der Waals surface area (Å²) in [6.45, 7) is 0.402. The molecule has 20 heavy (non-hydrogen) atoms. The summed E-state index contributed by atoms with van der Waals surface area (Å²) in [5.41, 5.74) is 0.741. The van der Waals surface area contributed by atoms with Crippen LogP contribution in [0, 0.1) is 0 Å². The maximum Gasteiger partial charge on any atom is 0.326 e. The van der Waals surface area contributed by atoms with Gasteiger partial charge in [0, 0.05) is 25.7 Å². The average Bonchev–Trinajstić information content (AvgIpc) is 2.66. The summed E-state index contributed by atoms with van der Waals surface area (Å²) in [6.07, 6.45) is 0.736. The minimum absolute atomic E-state index is 0.120. The summed E-state index contributed by atoms with van der Waals surface area (Å²) in [6, 6.07) is 8.87. The van der Waals surface area contributed by atoms with Gasteiger partial charge in [-0.1, -0.05) is 18.2 Å². The summed E-state index contributed by atoms with van der Waals surface area (Å²) in [5, 5.41) is 2.76. The van der Waals surface area contributed by atoms with Crippen molar-refractivity contribution in [1.82, 2.24) is 9.80 Å². The lowest BCUT2D eigenvalue weighted by molar-refractivity contribution is -0.125. The van der Waals surface area contributed by atoms with Crippen LogP contribution in [0.15, 0.2) is 30.3 Å². The van der Waals surface area contributed by atoms with Crippen LogP contribution in [0.4, 0.5) is 10.5 Å². The Labute approximate surface area is 117 Å². The third kappa shape index (κ3) is 3.34. The number of benzene rings is 1. The molecule has 1 saturated heterocycles. The van der Waals surface area contributed by atoms with Gasteiger partial charge in [-0.15, -0.1) is 0 Å². The lowest BCUT2D eigenvalue weighted by Gasteiger charge is -2.13. The van der Waals surface area contributed by atoms with Gasteiger partial charge in [0.2, 0.25) is 11.8 Å². The zero-order valence-electron chi connectivity index (χ0n) is 11.3. The van der Waals surface area contributed by atoms with Crippen LogP contribution in [0.25, 0.3) is 0 Å². The zero-order chi connectivity index (χ0) is 14.5. The van der Waals surface area contributed by atoms with Crippen LogP contribution in [0.3, 0.4) is 0 Å². The van der Waals surface area contributed by atoms with Gasteiger partial charge in [-0.25, -0.2) is 4.79 Å². The average molecular weight is 275 g/mol. The molecule has 0 aromatic heterocycles. The summed E-state index contributed by atoms with van der Waals surface area (Å²) in [5.74, 6) is -0.329. The lowest BCUT2D eigenvalue weighted by atomic mass is 10.2.